The van der Waals surface area contributed by atoms with Gasteiger partial charge in [-0.1, -0.05) is 13.8 Å². The standard InChI is InChI=1S/C13H22N4/c1-9(2)6-7-10(3)15-13-12(8-14)11(4)16-17(13)5/h9-10,15H,6-7H2,1-5H3. The van der Waals surface area contributed by atoms with E-state index in [2.05, 4.69) is 37.3 Å². The Kier molecular flexibility index (Phi) is 4.56. The fraction of sp³-hybridized carbons (Fsp3) is 0.692. The van der Waals surface area contributed by atoms with Gasteiger partial charge in [0.05, 0.1) is 5.69 Å². The van der Waals surface area contributed by atoms with Gasteiger partial charge in [-0.3, -0.25) is 4.68 Å². The minimum absolute atomic E-state index is 0.360. The summed E-state index contributed by atoms with van der Waals surface area (Å²) in [6.45, 7) is 8.46. The van der Waals surface area contributed by atoms with Crippen molar-refractivity contribution in [2.24, 2.45) is 13.0 Å². The second-order valence-corrected chi connectivity index (χ2v) is 5.06. The maximum atomic E-state index is 9.10. The van der Waals surface area contributed by atoms with Crippen LogP contribution in [0.2, 0.25) is 0 Å². The zero-order chi connectivity index (χ0) is 13.0. The predicted molar refractivity (Wildman–Crippen MR) is 69.8 cm³/mol. The van der Waals surface area contributed by atoms with E-state index in [0.29, 0.717) is 17.5 Å². The highest BCUT2D eigenvalue weighted by Crippen LogP contribution is 2.19. The summed E-state index contributed by atoms with van der Waals surface area (Å²) in [7, 11) is 1.87. The summed E-state index contributed by atoms with van der Waals surface area (Å²) in [5.74, 6) is 1.55. The maximum Gasteiger partial charge on any atom is 0.142 e. The van der Waals surface area contributed by atoms with Gasteiger partial charge in [-0.15, -0.1) is 0 Å². The molecular weight excluding hydrogens is 212 g/mol. The predicted octanol–water partition coefficient (Wildman–Crippen LogP) is 2.84. The Bertz CT molecular complexity index is 412. The molecule has 0 spiro atoms. The fourth-order valence-electron chi connectivity index (χ4n) is 1.85. The first kappa shape index (κ1) is 13.6. The lowest BCUT2D eigenvalue weighted by atomic mass is 10.0. The molecule has 0 bridgehead atoms. The molecule has 1 rings (SSSR count). The molecule has 0 amide bonds. The van der Waals surface area contributed by atoms with E-state index in [0.717, 1.165) is 17.9 Å². The molecular formula is C13H22N4. The van der Waals surface area contributed by atoms with Crippen LogP contribution in [0.3, 0.4) is 0 Å². The first-order valence-corrected chi connectivity index (χ1v) is 6.16. The average Bonchev–Trinajstić information content (AvgIpc) is 2.50. The molecule has 0 radical (unpaired) electrons. The van der Waals surface area contributed by atoms with Gasteiger partial charge in [-0.25, -0.2) is 0 Å². The minimum Gasteiger partial charge on any atom is -0.367 e. The van der Waals surface area contributed by atoms with E-state index in [-0.39, 0.29) is 0 Å². The second-order valence-electron chi connectivity index (χ2n) is 5.06. The number of nitriles is 1. The smallest absolute Gasteiger partial charge is 0.142 e. The van der Waals surface area contributed by atoms with E-state index >= 15 is 0 Å². The molecule has 0 fully saturated rings. The highest BCUT2D eigenvalue weighted by atomic mass is 15.3. The Labute approximate surface area is 104 Å². The molecule has 1 heterocycles. The fourth-order valence-corrected chi connectivity index (χ4v) is 1.85. The summed E-state index contributed by atoms with van der Waals surface area (Å²) >= 11 is 0. The molecule has 4 nitrogen and oxygen atoms in total. The van der Waals surface area contributed by atoms with Gasteiger partial charge in [0.15, 0.2) is 0 Å². The maximum absolute atomic E-state index is 9.10. The van der Waals surface area contributed by atoms with Crippen molar-refractivity contribution in [3.05, 3.63) is 11.3 Å². The van der Waals surface area contributed by atoms with Crippen molar-refractivity contribution in [2.75, 3.05) is 5.32 Å². The Morgan fingerprint density at radius 3 is 2.53 bits per heavy atom. The second kappa shape index (κ2) is 5.72. The van der Waals surface area contributed by atoms with E-state index < -0.39 is 0 Å². The van der Waals surface area contributed by atoms with Crippen molar-refractivity contribution in [1.29, 1.82) is 5.26 Å². The van der Waals surface area contributed by atoms with E-state index in [1.165, 1.54) is 6.42 Å². The van der Waals surface area contributed by atoms with Crippen molar-refractivity contribution < 1.29 is 0 Å². The van der Waals surface area contributed by atoms with Gasteiger partial charge in [0, 0.05) is 13.1 Å². The zero-order valence-electron chi connectivity index (χ0n) is 11.4. The molecule has 0 aliphatic carbocycles. The summed E-state index contributed by atoms with van der Waals surface area (Å²) in [6.07, 6.45) is 2.29. The quantitative estimate of drug-likeness (QED) is 0.852. The van der Waals surface area contributed by atoms with Crippen LogP contribution in [0.4, 0.5) is 5.82 Å². The number of aromatic nitrogens is 2. The van der Waals surface area contributed by atoms with Gasteiger partial charge in [-0.2, -0.15) is 10.4 Å². The molecule has 0 aliphatic heterocycles. The van der Waals surface area contributed by atoms with Gasteiger partial charge >= 0.3 is 0 Å². The molecule has 0 aromatic carbocycles. The van der Waals surface area contributed by atoms with Crippen LogP contribution in [0.1, 0.15) is 44.9 Å². The number of hydrogen-bond donors (Lipinski definition) is 1. The molecule has 0 saturated carbocycles. The molecule has 4 heteroatoms. The highest BCUT2D eigenvalue weighted by molar-refractivity contribution is 5.55. The van der Waals surface area contributed by atoms with E-state index in [4.69, 9.17) is 5.26 Å². The van der Waals surface area contributed by atoms with Gasteiger partial charge in [0.25, 0.3) is 0 Å². The number of anilines is 1. The first-order chi connectivity index (χ1) is 7.95. The van der Waals surface area contributed by atoms with Crippen molar-refractivity contribution in [3.63, 3.8) is 0 Å². The minimum atomic E-state index is 0.360. The topological polar surface area (TPSA) is 53.6 Å². The molecule has 0 saturated heterocycles. The highest BCUT2D eigenvalue weighted by Gasteiger charge is 2.14. The van der Waals surface area contributed by atoms with Crippen LogP contribution in [0.15, 0.2) is 0 Å². The van der Waals surface area contributed by atoms with Crippen LogP contribution < -0.4 is 5.32 Å². The van der Waals surface area contributed by atoms with Gasteiger partial charge in [0.2, 0.25) is 0 Å². The lowest BCUT2D eigenvalue weighted by Crippen LogP contribution is -2.18. The van der Waals surface area contributed by atoms with Crippen molar-refractivity contribution in [3.8, 4) is 6.07 Å². The summed E-state index contributed by atoms with van der Waals surface area (Å²) < 4.78 is 1.75. The summed E-state index contributed by atoms with van der Waals surface area (Å²) in [4.78, 5) is 0. The number of aryl methyl sites for hydroxylation is 2. The summed E-state index contributed by atoms with van der Waals surface area (Å²) in [5, 5.41) is 16.7. The lowest BCUT2D eigenvalue weighted by molar-refractivity contribution is 0.525. The lowest BCUT2D eigenvalue weighted by Gasteiger charge is -2.16. The molecule has 1 aromatic rings. The molecule has 1 N–H and O–H groups in total. The number of nitrogens with one attached hydrogen (secondary N) is 1. The molecule has 1 unspecified atom stereocenters. The number of nitrogens with zero attached hydrogens (tertiary/aromatic N) is 3. The van der Waals surface area contributed by atoms with Crippen molar-refractivity contribution in [2.45, 2.75) is 46.6 Å². The third-order valence-corrected chi connectivity index (χ3v) is 2.89. The third-order valence-electron chi connectivity index (χ3n) is 2.89. The van der Waals surface area contributed by atoms with Crippen LogP contribution in [0.25, 0.3) is 0 Å². The summed E-state index contributed by atoms with van der Waals surface area (Å²) in [5.41, 5.74) is 1.44. The molecule has 0 aliphatic rings. The van der Waals surface area contributed by atoms with Crippen molar-refractivity contribution >= 4 is 5.82 Å². The molecule has 1 aromatic heterocycles. The molecule has 1 atom stereocenters. The van der Waals surface area contributed by atoms with Crippen LogP contribution in [0, 0.1) is 24.2 Å². The van der Waals surface area contributed by atoms with Crippen LogP contribution in [0.5, 0.6) is 0 Å². The monoisotopic (exact) mass is 234 g/mol. The number of hydrogen-bond acceptors (Lipinski definition) is 3. The Morgan fingerprint density at radius 1 is 1.35 bits per heavy atom. The van der Waals surface area contributed by atoms with Gasteiger partial charge < -0.3 is 5.32 Å². The third kappa shape index (κ3) is 3.48. The Balaban J connectivity index is 2.71. The Morgan fingerprint density at radius 2 is 2.00 bits per heavy atom. The van der Waals surface area contributed by atoms with Gasteiger partial charge in [0.1, 0.15) is 17.5 Å². The van der Waals surface area contributed by atoms with Crippen LogP contribution in [-0.4, -0.2) is 15.8 Å². The average molecular weight is 234 g/mol. The number of rotatable bonds is 5. The molecule has 94 valence electrons. The zero-order valence-corrected chi connectivity index (χ0v) is 11.4. The van der Waals surface area contributed by atoms with Crippen LogP contribution in [-0.2, 0) is 7.05 Å². The normalized spacial score (nSPS) is 12.5. The first-order valence-electron chi connectivity index (χ1n) is 6.16. The van der Waals surface area contributed by atoms with Gasteiger partial charge in [-0.05, 0) is 32.6 Å². The van der Waals surface area contributed by atoms with Crippen molar-refractivity contribution in [1.82, 2.24) is 9.78 Å². The Hall–Kier alpha value is -1.50. The van der Waals surface area contributed by atoms with E-state index in [1.54, 1.807) is 4.68 Å². The SMILES string of the molecule is Cc1nn(C)c(NC(C)CCC(C)C)c1C#N. The van der Waals surface area contributed by atoms with Crippen LogP contribution >= 0.6 is 0 Å². The largest absolute Gasteiger partial charge is 0.367 e. The van der Waals surface area contributed by atoms with E-state index in [9.17, 15) is 0 Å². The summed E-state index contributed by atoms with van der Waals surface area (Å²) in [6, 6.07) is 2.57. The van der Waals surface area contributed by atoms with E-state index in [1.807, 2.05) is 14.0 Å². The molecule has 17 heavy (non-hydrogen) atoms.